The second kappa shape index (κ2) is 14.2. The zero-order chi connectivity index (χ0) is 42.2. The molecule has 298 valence electrons. The minimum absolute atomic E-state index is 0.556. The third-order valence-corrected chi connectivity index (χ3v) is 13.2. The molecule has 2 aliphatic carbocycles. The highest BCUT2D eigenvalue weighted by molar-refractivity contribution is 5.96. The van der Waals surface area contributed by atoms with Gasteiger partial charge in [0.05, 0.1) is 16.8 Å². The summed E-state index contributed by atoms with van der Waals surface area (Å²) in [5.41, 5.74) is 18.8. The van der Waals surface area contributed by atoms with Gasteiger partial charge in [-0.3, -0.25) is 0 Å². The Hall–Kier alpha value is -8.58. The van der Waals surface area contributed by atoms with Gasteiger partial charge in [-0.25, -0.2) is 0 Å². The van der Waals surface area contributed by atoms with Crippen LogP contribution in [0.4, 0.5) is 17.1 Å². The molecule has 0 saturated heterocycles. The number of para-hydroxylation sites is 1. The maximum Gasteiger partial charge on any atom is 0.172 e. The number of hydrogen-bond acceptors (Lipinski definition) is 3. The van der Waals surface area contributed by atoms with Crippen LogP contribution in [0.15, 0.2) is 224 Å². The summed E-state index contributed by atoms with van der Waals surface area (Å²) in [7, 11) is 0. The molecule has 1 heterocycles. The number of ether oxygens (including phenoxy) is 2. The van der Waals surface area contributed by atoms with E-state index in [-0.39, 0.29) is 0 Å². The van der Waals surface area contributed by atoms with Crippen LogP contribution in [-0.4, -0.2) is 0 Å². The van der Waals surface area contributed by atoms with E-state index >= 15 is 0 Å². The average molecular weight is 816 g/mol. The van der Waals surface area contributed by atoms with E-state index in [1.165, 1.54) is 33.4 Å². The fourth-order valence-electron chi connectivity index (χ4n) is 10.5. The van der Waals surface area contributed by atoms with Gasteiger partial charge in [-0.2, -0.15) is 0 Å². The Balaban J connectivity index is 0.969. The smallest absolute Gasteiger partial charge is 0.172 e. The molecule has 0 radical (unpaired) electrons. The van der Waals surface area contributed by atoms with Crippen LogP contribution in [-0.2, 0) is 5.41 Å². The van der Waals surface area contributed by atoms with Crippen molar-refractivity contribution in [2.24, 2.45) is 0 Å². The highest BCUT2D eigenvalue weighted by Gasteiger charge is 2.52. The average Bonchev–Trinajstić information content (AvgIpc) is 3.83. The van der Waals surface area contributed by atoms with Crippen molar-refractivity contribution < 1.29 is 9.47 Å². The molecular weight excluding hydrogens is 779 g/mol. The van der Waals surface area contributed by atoms with E-state index in [2.05, 4.69) is 229 Å². The Kier molecular flexibility index (Phi) is 8.04. The predicted octanol–water partition coefficient (Wildman–Crippen LogP) is 16.0. The number of nitrogens with zero attached hydrogens (tertiary/aromatic N) is 1. The third kappa shape index (κ3) is 5.36. The lowest BCUT2D eigenvalue weighted by Crippen LogP contribution is -2.25. The number of rotatable bonds is 6. The van der Waals surface area contributed by atoms with Crippen LogP contribution in [0.3, 0.4) is 0 Å². The van der Waals surface area contributed by atoms with Crippen LogP contribution < -0.4 is 14.4 Å². The topological polar surface area (TPSA) is 21.7 Å². The Morgan fingerprint density at radius 2 is 0.875 bits per heavy atom. The van der Waals surface area contributed by atoms with Crippen LogP contribution in [0.5, 0.6) is 23.0 Å². The maximum absolute atomic E-state index is 6.99. The molecule has 0 atom stereocenters. The van der Waals surface area contributed by atoms with Crippen molar-refractivity contribution in [2.45, 2.75) is 5.41 Å². The van der Waals surface area contributed by atoms with Gasteiger partial charge in [-0.15, -0.1) is 0 Å². The SMILES string of the molecule is c1ccc2c(c#1)C1(c3cc4c(cc3-2)Oc2cc(N(c3ccc(-c5ccccc5)c(-c5ccccc5)c3)c3ccccc3-c3ccccc3)ccc2O4)c2ccccc2-c2ccccc21. The first-order valence-electron chi connectivity index (χ1n) is 21.7. The van der Waals surface area contributed by atoms with Crippen molar-refractivity contribution in [2.75, 3.05) is 4.90 Å². The Morgan fingerprint density at radius 3 is 1.58 bits per heavy atom. The van der Waals surface area contributed by atoms with Crippen molar-refractivity contribution in [1.82, 2.24) is 0 Å². The Morgan fingerprint density at radius 1 is 0.344 bits per heavy atom. The summed E-state index contributed by atoms with van der Waals surface area (Å²) in [6, 6.07) is 86.6. The minimum atomic E-state index is -0.556. The molecule has 0 amide bonds. The van der Waals surface area contributed by atoms with Gasteiger partial charge in [0.1, 0.15) is 0 Å². The van der Waals surface area contributed by atoms with Gasteiger partial charge in [0.25, 0.3) is 0 Å². The normalized spacial score (nSPS) is 12.9. The standard InChI is InChI=1S/C61H37NO2/c1-4-18-40(19-5-1)45-34-32-43(36-50(45)42-22-8-3-9-23-42)62(56-31-17-13-24-46(56)41-20-6-2-7-21-41)44-33-35-57-58(37-44)64-59-38-51-49-27-12-16-30-54(49)61(55(51)39-60(59)63-57)52-28-14-10-25-47(52)48-26-11-15-29-53(48)61/h1-15,17-29,31-39H. The van der Waals surface area contributed by atoms with Gasteiger partial charge in [-0.1, -0.05) is 176 Å². The molecule has 64 heavy (non-hydrogen) atoms. The van der Waals surface area contributed by atoms with Crippen molar-refractivity contribution in [3.8, 4) is 78.6 Å². The lowest BCUT2D eigenvalue weighted by atomic mass is 9.71. The summed E-state index contributed by atoms with van der Waals surface area (Å²) in [6.45, 7) is 0. The molecule has 10 aromatic rings. The predicted molar refractivity (Wildman–Crippen MR) is 258 cm³/mol. The second-order valence-electron chi connectivity index (χ2n) is 16.6. The first-order valence-corrected chi connectivity index (χ1v) is 21.7. The molecule has 13 rings (SSSR count). The lowest BCUT2D eigenvalue weighted by molar-refractivity contribution is 0.359. The molecule has 0 N–H and O–H groups in total. The molecule has 1 spiro atoms. The molecule has 3 nitrogen and oxygen atoms in total. The molecule has 1 aliphatic heterocycles. The van der Waals surface area contributed by atoms with Crippen LogP contribution in [0.1, 0.15) is 22.3 Å². The molecule has 3 aliphatic rings. The fourth-order valence-corrected chi connectivity index (χ4v) is 10.5. The summed E-state index contributed by atoms with van der Waals surface area (Å²) in [5.74, 6) is 2.67. The second-order valence-corrected chi connectivity index (χ2v) is 16.6. The summed E-state index contributed by atoms with van der Waals surface area (Å²) < 4.78 is 13.9. The van der Waals surface area contributed by atoms with E-state index in [1.54, 1.807) is 0 Å². The van der Waals surface area contributed by atoms with Gasteiger partial charge < -0.3 is 14.4 Å². The van der Waals surface area contributed by atoms with E-state index in [0.29, 0.717) is 23.0 Å². The summed E-state index contributed by atoms with van der Waals surface area (Å²) in [6.07, 6.45) is 0. The number of anilines is 3. The monoisotopic (exact) mass is 815 g/mol. The van der Waals surface area contributed by atoms with E-state index < -0.39 is 5.41 Å². The number of fused-ring (bicyclic) bond motifs is 12. The van der Waals surface area contributed by atoms with Crippen LogP contribution in [0.25, 0.3) is 55.6 Å². The highest BCUT2D eigenvalue weighted by atomic mass is 16.6. The minimum Gasteiger partial charge on any atom is -0.449 e. The molecule has 0 saturated carbocycles. The molecule has 0 bridgehead atoms. The van der Waals surface area contributed by atoms with Crippen molar-refractivity contribution in [3.63, 3.8) is 0 Å². The first kappa shape index (κ1) is 36.1. The van der Waals surface area contributed by atoms with Gasteiger partial charge >= 0.3 is 0 Å². The van der Waals surface area contributed by atoms with E-state index in [9.17, 15) is 0 Å². The van der Waals surface area contributed by atoms with E-state index in [1.807, 2.05) is 12.1 Å². The summed E-state index contributed by atoms with van der Waals surface area (Å²) >= 11 is 0. The lowest BCUT2D eigenvalue weighted by Gasteiger charge is -2.31. The zero-order valence-electron chi connectivity index (χ0n) is 34.6. The van der Waals surface area contributed by atoms with E-state index in [4.69, 9.17) is 9.47 Å². The molecule has 3 heteroatoms. The van der Waals surface area contributed by atoms with Gasteiger partial charge in [0.15, 0.2) is 23.0 Å². The largest absolute Gasteiger partial charge is 0.449 e. The number of benzene rings is 9. The van der Waals surface area contributed by atoms with E-state index in [0.717, 1.165) is 61.6 Å². The van der Waals surface area contributed by atoms with Crippen LogP contribution in [0.2, 0.25) is 0 Å². The van der Waals surface area contributed by atoms with Crippen molar-refractivity contribution in [1.29, 1.82) is 0 Å². The van der Waals surface area contributed by atoms with Crippen LogP contribution >= 0.6 is 0 Å². The zero-order valence-corrected chi connectivity index (χ0v) is 34.6. The van der Waals surface area contributed by atoms with Crippen LogP contribution in [0, 0.1) is 12.1 Å². The highest BCUT2D eigenvalue weighted by Crippen LogP contribution is 2.64. The van der Waals surface area contributed by atoms with Gasteiger partial charge in [0.2, 0.25) is 0 Å². The van der Waals surface area contributed by atoms with Gasteiger partial charge in [-0.05, 0) is 121 Å². The molecular formula is C61H37NO2. The molecule has 0 unspecified atom stereocenters. The summed E-state index contributed by atoms with van der Waals surface area (Å²) in [4.78, 5) is 2.34. The first-order chi connectivity index (χ1) is 31.7. The fraction of sp³-hybridized carbons (Fsp3) is 0.0164. The van der Waals surface area contributed by atoms with Crippen molar-refractivity contribution in [3.05, 3.63) is 259 Å². The number of hydrogen-bond donors (Lipinski definition) is 0. The molecule has 10 aromatic carbocycles. The third-order valence-electron chi connectivity index (χ3n) is 13.2. The Bertz CT molecular complexity index is 3400. The van der Waals surface area contributed by atoms with Crippen molar-refractivity contribution >= 4 is 17.1 Å². The molecule has 0 fully saturated rings. The maximum atomic E-state index is 6.99. The van der Waals surface area contributed by atoms with Gasteiger partial charge in [0, 0.05) is 22.9 Å². The summed E-state index contributed by atoms with van der Waals surface area (Å²) in [5, 5.41) is 0. The Labute approximate surface area is 372 Å². The molecule has 0 aromatic heterocycles. The quantitative estimate of drug-likeness (QED) is 0.167.